The van der Waals surface area contributed by atoms with Crippen LogP contribution < -0.4 is 10.1 Å². The van der Waals surface area contributed by atoms with Crippen molar-refractivity contribution in [3.05, 3.63) is 36.0 Å². The van der Waals surface area contributed by atoms with Crippen LogP contribution in [-0.2, 0) is 20.8 Å². The minimum atomic E-state index is -1.95. The zero-order chi connectivity index (χ0) is 17.7. The molecule has 0 bridgehead atoms. The Kier molecular flexibility index (Phi) is 5.31. The molecule has 0 atom stereocenters. The number of methoxy groups -OCH3 is 1. The van der Waals surface area contributed by atoms with E-state index in [0.29, 0.717) is 12.2 Å². The van der Waals surface area contributed by atoms with Crippen molar-refractivity contribution in [2.45, 2.75) is 18.9 Å². The van der Waals surface area contributed by atoms with E-state index in [1.807, 2.05) is 23.5 Å². The van der Waals surface area contributed by atoms with Crippen LogP contribution in [0.5, 0.6) is 5.75 Å². The Labute approximate surface area is 137 Å². The van der Waals surface area contributed by atoms with Gasteiger partial charge in [-0.25, -0.2) is 9.59 Å². The van der Waals surface area contributed by atoms with E-state index < -0.39 is 23.9 Å². The molecule has 1 amide bonds. The predicted octanol–water partition coefficient (Wildman–Crippen LogP) is 0.830. The molecule has 1 aromatic heterocycles. The predicted molar refractivity (Wildman–Crippen MR) is 83.8 cm³/mol. The average molecular weight is 332 g/mol. The van der Waals surface area contributed by atoms with E-state index in [4.69, 9.17) is 14.9 Å². The number of benzene rings is 1. The third-order valence-corrected chi connectivity index (χ3v) is 3.39. The SMILES string of the molecule is COc1ccc2ncc(CCC(=O)NC(C(=O)O)C(=O)O)cc2c1. The van der Waals surface area contributed by atoms with Crippen molar-refractivity contribution in [2.75, 3.05) is 7.11 Å². The number of pyridine rings is 1. The molecule has 24 heavy (non-hydrogen) atoms. The molecule has 8 heteroatoms. The molecule has 3 N–H and O–H groups in total. The number of hydrogen-bond donors (Lipinski definition) is 3. The van der Waals surface area contributed by atoms with E-state index >= 15 is 0 Å². The smallest absolute Gasteiger partial charge is 0.338 e. The highest BCUT2D eigenvalue weighted by Crippen LogP contribution is 2.20. The van der Waals surface area contributed by atoms with E-state index in [0.717, 1.165) is 16.5 Å². The van der Waals surface area contributed by atoms with Crippen LogP contribution in [0.1, 0.15) is 12.0 Å². The summed E-state index contributed by atoms with van der Waals surface area (Å²) in [5.74, 6) is -3.20. The second-order valence-electron chi connectivity index (χ2n) is 5.08. The molecule has 0 saturated carbocycles. The highest BCUT2D eigenvalue weighted by molar-refractivity contribution is 6.00. The molecular formula is C16H16N2O6. The van der Waals surface area contributed by atoms with Gasteiger partial charge in [0.15, 0.2) is 0 Å². The first-order chi connectivity index (χ1) is 11.4. The Morgan fingerprint density at radius 3 is 2.54 bits per heavy atom. The van der Waals surface area contributed by atoms with Crippen LogP contribution in [0.25, 0.3) is 10.9 Å². The summed E-state index contributed by atoms with van der Waals surface area (Å²) < 4.78 is 5.15. The maximum atomic E-state index is 11.7. The maximum Gasteiger partial charge on any atom is 0.338 e. The third-order valence-electron chi connectivity index (χ3n) is 3.39. The number of aryl methyl sites for hydroxylation is 1. The van der Waals surface area contributed by atoms with Gasteiger partial charge < -0.3 is 20.3 Å². The van der Waals surface area contributed by atoms with E-state index in [9.17, 15) is 14.4 Å². The number of carbonyl (C=O) groups is 3. The molecule has 2 aromatic rings. The molecule has 0 aliphatic rings. The number of nitrogens with zero attached hydrogens (tertiary/aromatic N) is 1. The Morgan fingerprint density at radius 2 is 1.92 bits per heavy atom. The van der Waals surface area contributed by atoms with Gasteiger partial charge in [-0.05, 0) is 36.2 Å². The van der Waals surface area contributed by atoms with Gasteiger partial charge in [0, 0.05) is 18.0 Å². The first-order valence-corrected chi connectivity index (χ1v) is 7.08. The van der Waals surface area contributed by atoms with Crippen molar-refractivity contribution in [2.24, 2.45) is 0 Å². The van der Waals surface area contributed by atoms with Gasteiger partial charge in [0.25, 0.3) is 0 Å². The monoisotopic (exact) mass is 332 g/mol. The maximum absolute atomic E-state index is 11.7. The normalized spacial score (nSPS) is 10.6. The number of rotatable bonds is 7. The van der Waals surface area contributed by atoms with Crippen molar-refractivity contribution in [1.29, 1.82) is 0 Å². The van der Waals surface area contributed by atoms with Crippen molar-refractivity contribution in [3.8, 4) is 5.75 Å². The van der Waals surface area contributed by atoms with Crippen molar-refractivity contribution >= 4 is 28.7 Å². The first-order valence-electron chi connectivity index (χ1n) is 7.08. The van der Waals surface area contributed by atoms with E-state index in [1.54, 1.807) is 19.4 Å². The second kappa shape index (κ2) is 7.40. The van der Waals surface area contributed by atoms with Gasteiger partial charge in [-0.15, -0.1) is 0 Å². The lowest BCUT2D eigenvalue weighted by Crippen LogP contribution is -2.46. The first kappa shape index (κ1) is 17.2. The highest BCUT2D eigenvalue weighted by atomic mass is 16.5. The highest BCUT2D eigenvalue weighted by Gasteiger charge is 2.27. The van der Waals surface area contributed by atoms with Gasteiger partial charge in [0.05, 0.1) is 12.6 Å². The van der Waals surface area contributed by atoms with Crippen LogP contribution in [0.4, 0.5) is 0 Å². The Balaban J connectivity index is 2.03. The Morgan fingerprint density at radius 1 is 1.21 bits per heavy atom. The van der Waals surface area contributed by atoms with Gasteiger partial charge in [-0.1, -0.05) is 0 Å². The summed E-state index contributed by atoms with van der Waals surface area (Å²) in [6.07, 6.45) is 1.88. The Hall–Kier alpha value is -3.16. The minimum absolute atomic E-state index is 0.0474. The molecule has 2 rings (SSSR count). The van der Waals surface area contributed by atoms with E-state index in [1.165, 1.54) is 0 Å². The number of hydrogen-bond acceptors (Lipinski definition) is 5. The zero-order valence-corrected chi connectivity index (χ0v) is 12.9. The molecule has 0 radical (unpaired) electrons. The topological polar surface area (TPSA) is 126 Å². The number of carboxylic acids is 2. The van der Waals surface area contributed by atoms with Crippen molar-refractivity contribution in [3.63, 3.8) is 0 Å². The average Bonchev–Trinajstić information content (AvgIpc) is 2.56. The van der Waals surface area contributed by atoms with Crippen LogP contribution in [0.2, 0.25) is 0 Å². The number of amides is 1. The van der Waals surface area contributed by atoms with Gasteiger partial charge in [0.1, 0.15) is 5.75 Å². The lowest BCUT2D eigenvalue weighted by molar-refractivity contribution is -0.153. The summed E-state index contributed by atoms with van der Waals surface area (Å²) >= 11 is 0. The number of fused-ring (bicyclic) bond motifs is 1. The van der Waals surface area contributed by atoms with E-state index in [2.05, 4.69) is 4.98 Å². The summed E-state index contributed by atoms with van der Waals surface area (Å²) in [5, 5.41) is 20.3. The number of carboxylic acid groups (broad SMARTS) is 2. The fraction of sp³-hybridized carbons (Fsp3) is 0.250. The van der Waals surface area contributed by atoms with Gasteiger partial charge in [-0.2, -0.15) is 0 Å². The van der Waals surface area contributed by atoms with Crippen LogP contribution in [0.3, 0.4) is 0 Å². The molecular weight excluding hydrogens is 316 g/mol. The zero-order valence-electron chi connectivity index (χ0n) is 12.9. The third kappa shape index (κ3) is 4.19. The fourth-order valence-electron chi connectivity index (χ4n) is 2.14. The number of carbonyl (C=O) groups excluding carboxylic acids is 1. The second-order valence-corrected chi connectivity index (χ2v) is 5.08. The van der Waals surface area contributed by atoms with Gasteiger partial charge >= 0.3 is 11.9 Å². The quantitative estimate of drug-likeness (QED) is 0.641. The molecule has 0 unspecified atom stereocenters. The molecule has 1 aromatic carbocycles. The fourth-order valence-corrected chi connectivity index (χ4v) is 2.14. The summed E-state index contributed by atoms with van der Waals surface area (Å²) in [6, 6.07) is 5.33. The van der Waals surface area contributed by atoms with Crippen LogP contribution >= 0.6 is 0 Å². The molecule has 0 fully saturated rings. The Bertz CT molecular complexity index is 775. The van der Waals surface area contributed by atoms with Crippen LogP contribution in [0, 0.1) is 0 Å². The lowest BCUT2D eigenvalue weighted by Gasteiger charge is -2.10. The number of aliphatic carboxylic acids is 2. The minimum Gasteiger partial charge on any atom is -0.497 e. The number of nitrogens with one attached hydrogen (secondary N) is 1. The largest absolute Gasteiger partial charge is 0.497 e. The molecule has 8 nitrogen and oxygen atoms in total. The summed E-state index contributed by atoms with van der Waals surface area (Å²) in [4.78, 5) is 37.5. The molecule has 0 aliphatic carbocycles. The van der Waals surface area contributed by atoms with Gasteiger partial charge in [-0.3, -0.25) is 9.78 Å². The summed E-state index contributed by atoms with van der Waals surface area (Å²) in [6.45, 7) is 0. The lowest BCUT2D eigenvalue weighted by atomic mass is 10.1. The van der Waals surface area contributed by atoms with Crippen molar-refractivity contribution < 1.29 is 29.3 Å². The van der Waals surface area contributed by atoms with E-state index in [-0.39, 0.29) is 6.42 Å². The standard InChI is InChI=1S/C16H16N2O6/c1-24-11-3-4-12-10(7-11)6-9(8-17-12)2-5-13(19)18-14(15(20)21)16(22)23/h3-4,6-8,14H,2,5H2,1H3,(H,18,19)(H,20,21)(H,22,23). The number of aromatic nitrogens is 1. The summed E-state index contributed by atoms with van der Waals surface area (Å²) in [7, 11) is 1.56. The van der Waals surface area contributed by atoms with Crippen LogP contribution in [-0.4, -0.2) is 46.2 Å². The van der Waals surface area contributed by atoms with Crippen LogP contribution in [0.15, 0.2) is 30.5 Å². The molecule has 0 aliphatic heterocycles. The molecule has 126 valence electrons. The molecule has 0 spiro atoms. The number of ether oxygens (including phenoxy) is 1. The molecule has 1 heterocycles. The van der Waals surface area contributed by atoms with Crippen molar-refractivity contribution in [1.82, 2.24) is 10.3 Å². The van der Waals surface area contributed by atoms with Gasteiger partial charge in [0.2, 0.25) is 11.9 Å². The summed E-state index contributed by atoms with van der Waals surface area (Å²) in [5.41, 5.74) is 1.55. The molecule has 0 saturated heterocycles.